The number of nitrogens with zero attached hydrogens (tertiary/aromatic N) is 4. The number of rotatable bonds is 6. The van der Waals surface area contributed by atoms with Gasteiger partial charge in [-0.05, 0) is 31.5 Å². The summed E-state index contributed by atoms with van der Waals surface area (Å²) in [7, 11) is 1.70. The Morgan fingerprint density at radius 1 is 1.15 bits per heavy atom. The van der Waals surface area contributed by atoms with Crippen LogP contribution >= 0.6 is 0 Å². The highest BCUT2D eigenvalue weighted by atomic mass is 16.5. The summed E-state index contributed by atoms with van der Waals surface area (Å²) in [5.41, 5.74) is 2.33. The Morgan fingerprint density at radius 3 is 2.56 bits per heavy atom. The number of anilines is 2. The Bertz CT molecular complexity index is 788. The molecule has 1 amide bonds. The lowest BCUT2D eigenvalue weighted by molar-refractivity contribution is 0.0948. The number of methoxy groups -OCH3 is 1. The minimum Gasteiger partial charge on any atom is -0.495 e. The molecule has 7 heteroatoms. The number of carbonyl (C=O) groups excluding carboxylic acids is 1. The van der Waals surface area contributed by atoms with Gasteiger partial charge in [0.05, 0.1) is 12.8 Å². The maximum atomic E-state index is 12.3. The fraction of sp³-hybridized carbons (Fsp3) is 0.450. The number of benzene rings is 1. The SMILES string of the molecule is CCCNC(=O)c1cc(C)nc(N2CCN(c3ccccc3OC)CC2)n1. The summed E-state index contributed by atoms with van der Waals surface area (Å²) in [6.45, 7) is 7.83. The van der Waals surface area contributed by atoms with Crippen LogP contribution in [0.15, 0.2) is 30.3 Å². The van der Waals surface area contributed by atoms with Crippen molar-refractivity contribution in [2.45, 2.75) is 20.3 Å². The molecule has 2 aromatic rings. The molecule has 1 saturated heterocycles. The monoisotopic (exact) mass is 369 g/mol. The lowest BCUT2D eigenvalue weighted by Gasteiger charge is -2.36. The average molecular weight is 369 g/mol. The van der Waals surface area contributed by atoms with Gasteiger partial charge >= 0.3 is 0 Å². The summed E-state index contributed by atoms with van der Waals surface area (Å²) in [6, 6.07) is 9.79. The van der Waals surface area contributed by atoms with Crippen LogP contribution in [0.3, 0.4) is 0 Å². The Labute approximate surface area is 160 Å². The zero-order valence-electron chi connectivity index (χ0n) is 16.2. The van der Waals surface area contributed by atoms with E-state index in [0.717, 1.165) is 49.7 Å². The second kappa shape index (κ2) is 8.70. The number of ether oxygens (including phenoxy) is 1. The normalized spacial score (nSPS) is 14.2. The number of para-hydroxylation sites is 2. The van der Waals surface area contributed by atoms with Crippen LogP contribution in [0.25, 0.3) is 0 Å². The Kier molecular flexibility index (Phi) is 6.11. The summed E-state index contributed by atoms with van der Waals surface area (Å²) in [6.07, 6.45) is 0.896. The number of amides is 1. The van der Waals surface area contributed by atoms with Gasteiger partial charge in [-0.25, -0.2) is 9.97 Å². The fourth-order valence-electron chi connectivity index (χ4n) is 3.18. The molecule has 7 nitrogen and oxygen atoms in total. The number of nitrogens with one attached hydrogen (secondary N) is 1. The van der Waals surface area contributed by atoms with Crippen molar-refractivity contribution >= 4 is 17.5 Å². The van der Waals surface area contributed by atoms with Crippen LogP contribution in [0.2, 0.25) is 0 Å². The highest BCUT2D eigenvalue weighted by Crippen LogP contribution is 2.28. The van der Waals surface area contributed by atoms with Gasteiger partial charge in [0.1, 0.15) is 11.4 Å². The van der Waals surface area contributed by atoms with Crippen LogP contribution in [0, 0.1) is 6.92 Å². The summed E-state index contributed by atoms with van der Waals surface area (Å²) in [4.78, 5) is 25.7. The average Bonchev–Trinajstić information content (AvgIpc) is 2.71. The first-order valence-electron chi connectivity index (χ1n) is 9.39. The minimum atomic E-state index is -0.142. The number of piperazine rings is 1. The van der Waals surface area contributed by atoms with Gasteiger partial charge < -0.3 is 19.9 Å². The van der Waals surface area contributed by atoms with Crippen molar-refractivity contribution in [1.82, 2.24) is 15.3 Å². The van der Waals surface area contributed by atoms with Crippen LogP contribution in [0.5, 0.6) is 5.75 Å². The van der Waals surface area contributed by atoms with E-state index in [2.05, 4.69) is 31.2 Å². The topological polar surface area (TPSA) is 70.6 Å². The van der Waals surface area contributed by atoms with Gasteiger partial charge in [-0.2, -0.15) is 0 Å². The first kappa shape index (κ1) is 18.9. The third kappa shape index (κ3) is 4.48. The van der Waals surface area contributed by atoms with Crippen LogP contribution in [-0.2, 0) is 0 Å². The van der Waals surface area contributed by atoms with Gasteiger partial charge in [0.2, 0.25) is 5.95 Å². The van der Waals surface area contributed by atoms with E-state index in [1.54, 1.807) is 13.2 Å². The number of carbonyl (C=O) groups is 1. The molecule has 1 N–H and O–H groups in total. The maximum Gasteiger partial charge on any atom is 0.270 e. The van der Waals surface area contributed by atoms with Crippen molar-refractivity contribution in [2.24, 2.45) is 0 Å². The van der Waals surface area contributed by atoms with E-state index in [0.29, 0.717) is 18.2 Å². The Hall–Kier alpha value is -2.83. The van der Waals surface area contributed by atoms with E-state index in [-0.39, 0.29) is 5.91 Å². The molecule has 1 aliphatic heterocycles. The van der Waals surface area contributed by atoms with E-state index >= 15 is 0 Å². The maximum absolute atomic E-state index is 12.3. The molecule has 0 atom stereocenters. The molecular weight excluding hydrogens is 342 g/mol. The molecule has 2 heterocycles. The summed E-state index contributed by atoms with van der Waals surface area (Å²) < 4.78 is 5.48. The highest BCUT2D eigenvalue weighted by molar-refractivity contribution is 5.92. The first-order chi connectivity index (χ1) is 13.1. The van der Waals surface area contributed by atoms with Gasteiger partial charge in [-0.15, -0.1) is 0 Å². The van der Waals surface area contributed by atoms with E-state index in [1.807, 2.05) is 32.0 Å². The largest absolute Gasteiger partial charge is 0.495 e. The zero-order valence-corrected chi connectivity index (χ0v) is 16.2. The molecule has 144 valence electrons. The third-order valence-electron chi connectivity index (χ3n) is 4.60. The summed E-state index contributed by atoms with van der Waals surface area (Å²) >= 11 is 0. The molecule has 0 unspecified atom stereocenters. The molecule has 0 bridgehead atoms. The molecular formula is C20H27N5O2. The van der Waals surface area contributed by atoms with Crippen molar-refractivity contribution in [3.8, 4) is 5.75 Å². The molecule has 0 saturated carbocycles. The standard InChI is InChI=1S/C20H27N5O2/c1-4-9-21-19(26)16-14-15(2)22-20(23-16)25-12-10-24(11-13-25)17-7-5-6-8-18(17)27-3/h5-8,14H,4,9-13H2,1-3H3,(H,21,26). The van der Waals surface area contributed by atoms with Gasteiger partial charge in [0.15, 0.2) is 0 Å². The summed E-state index contributed by atoms with van der Waals surface area (Å²) in [5.74, 6) is 1.36. The van der Waals surface area contributed by atoms with Crippen molar-refractivity contribution < 1.29 is 9.53 Å². The van der Waals surface area contributed by atoms with Crippen LogP contribution in [0.1, 0.15) is 29.5 Å². The number of aromatic nitrogens is 2. The Morgan fingerprint density at radius 2 is 1.85 bits per heavy atom. The van der Waals surface area contributed by atoms with E-state index in [1.165, 1.54) is 0 Å². The van der Waals surface area contributed by atoms with E-state index < -0.39 is 0 Å². The van der Waals surface area contributed by atoms with Gasteiger partial charge in [0.25, 0.3) is 5.91 Å². The molecule has 27 heavy (non-hydrogen) atoms. The zero-order chi connectivity index (χ0) is 19.2. The number of hydrogen-bond acceptors (Lipinski definition) is 6. The smallest absolute Gasteiger partial charge is 0.270 e. The molecule has 0 spiro atoms. The van der Waals surface area contributed by atoms with Crippen molar-refractivity contribution in [1.29, 1.82) is 0 Å². The number of hydrogen-bond donors (Lipinski definition) is 1. The Balaban J connectivity index is 1.70. The van der Waals surface area contributed by atoms with Gasteiger partial charge in [-0.3, -0.25) is 4.79 Å². The van der Waals surface area contributed by atoms with Crippen molar-refractivity contribution in [2.75, 3.05) is 49.6 Å². The van der Waals surface area contributed by atoms with Gasteiger partial charge in [0, 0.05) is 38.4 Å². The van der Waals surface area contributed by atoms with Gasteiger partial charge in [-0.1, -0.05) is 19.1 Å². The molecule has 1 fully saturated rings. The quantitative estimate of drug-likeness (QED) is 0.842. The first-order valence-corrected chi connectivity index (χ1v) is 9.39. The number of aryl methyl sites for hydroxylation is 1. The van der Waals surface area contributed by atoms with E-state index in [9.17, 15) is 4.79 Å². The van der Waals surface area contributed by atoms with Crippen molar-refractivity contribution in [3.05, 3.63) is 41.7 Å². The highest BCUT2D eigenvalue weighted by Gasteiger charge is 2.22. The lowest BCUT2D eigenvalue weighted by atomic mass is 10.2. The lowest BCUT2D eigenvalue weighted by Crippen LogP contribution is -2.47. The second-order valence-corrected chi connectivity index (χ2v) is 6.60. The molecule has 1 aromatic heterocycles. The van der Waals surface area contributed by atoms with Crippen LogP contribution < -0.4 is 19.9 Å². The second-order valence-electron chi connectivity index (χ2n) is 6.60. The molecule has 3 rings (SSSR count). The summed E-state index contributed by atoms with van der Waals surface area (Å²) in [5, 5.41) is 2.88. The fourth-order valence-corrected chi connectivity index (χ4v) is 3.18. The van der Waals surface area contributed by atoms with Crippen molar-refractivity contribution in [3.63, 3.8) is 0 Å². The third-order valence-corrected chi connectivity index (χ3v) is 4.60. The van der Waals surface area contributed by atoms with Crippen LogP contribution in [-0.4, -0.2) is 55.7 Å². The predicted molar refractivity (Wildman–Crippen MR) is 107 cm³/mol. The van der Waals surface area contributed by atoms with E-state index in [4.69, 9.17) is 4.74 Å². The molecule has 0 radical (unpaired) electrons. The molecule has 1 aromatic carbocycles. The van der Waals surface area contributed by atoms with Crippen LogP contribution in [0.4, 0.5) is 11.6 Å². The molecule has 0 aliphatic carbocycles. The minimum absolute atomic E-state index is 0.142. The molecule has 1 aliphatic rings. The predicted octanol–water partition coefficient (Wildman–Crippen LogP) is 2.26.